The minimum Gasteiger partial charge on any atom is -0.469 e. The van der Waals surface area contributed by atoms with Gasteiger partial charge in [0.2, 0.25) is 0 Å². The molecule has 20 heavy (non-hydrogen) atoms. The minimum atomic E-state index is -0.00235. The largest absolute Gasteiger partial charge is 0.469 e. The van der Waals surface area contributed by atoms with E-state index in [4.69, 9.17) is 4.74 Å². The van der Waals surface area contributed by atoms with Gasteiger partial charge in [0.15, 0.2) is 0 Å². The number of ether oxygens (including phenoxy) is 1. The van der Waals surface area contributed by atoms with E-state index in [9.17, 15) is 4.79 Å². The number of piperidine rings is 1. The first-order valence-corrected chi connectivity index (χ1v) is 7.65. The maximum absolute atomic E-state index is 12.1. The number of likely N-dealkylation sites (tertiary alicyclic amines) is 1. The van der Waals surface area contributed by atoms with Crippen molar-refractivity contribution in [3.63, 3.8) is 0 Å². The van der Waals surface area contributed by atoms with Gasteiger partial charge >= 0.3 is 5.97 Å². The van der Waals surface area contributed by atoms with E-state index in [0.717, 1.165) is 25.9 Å². The Morgan fingerprint density at radius 2 is 2.05 bits per heavy atom. The molecule has 2 aliphatic rings. The van der Waals surface area contributed by atoms with E-state index in [2.05, 4.69) is 29.2 Å². The molecule has 108 valence electrons. The number of methoxy groups -OCH3 is 1. The Morgan fingerprint density at radius 3 is 2.80 bits per heavy atom. The minimum absolute atomic E-state index is 0.00235. The number of esters is 1. The van der Waals surface area contributed by atoms with Crippen LogP contribution in [0, 0.1) is 11.8 Å². The average molecular weight is 273 g/mol. The lowest BCUT2D eigenvalue weighted by atomic mass is 9.71. The molecule has 3 rings (SSSR count). The number of hydrogen-bond acceptors (Lipinski definition) is 3. The number of carbonyl (C=O) groups excluding carboxylic acids is 1. The summed E-state index contributed by atoms with van der Waals surface area (Å²) in [5.74, 6) is 0.622. The van der Waals surface area contributed by atoms with E-state index < -0.39 is 0 Å². The Bertz CT molecular complexity index is 459. The highest BCUT2D eigenvalue weighted by Gasteiger charge is 2.44. The molecule has 0 aromatic heterocycles. The van der Waals surface area contributed by atoms with Gasteiger partial charge in [0.1, 0.15) is 0 Å². The smallest absolute Gasteiger partial charge is 0.310 e. The molecule has 3 atom stereocenters. The molecule has 1 aromatic carbocycles. The molecule has 0 N–H and O–H groups in total. The van der Waals surface area contributed by atoms with Gasteiger partial charge in [0, 0.05) is 12.6 Å². The van der Waals surface area contributed by atoms with Crippen LogP contribution < -0.4 is 0 Å². The fourth-order valence-electron chi connectivity index (χ4n) is 3.99. The fourth-order valence-corrected chi connectivity index (χ4v) is 3.99. The molecule has 2 fully saturated rings. The highest BCUT2D eigenvalue weighted by atomic mass is 16.5. The predicted octanol–water partition coefficient (Wildman–Crippen LogP) is 2.85. The highest BCUT2D eigenvalue weighted by molar-refractivity contribution is 5.73. The van der Waals surface area contributed by atoms with Gasteiger partial charge in [-0.3, -0.25) is 9.69 Å². The normalized spacial score (nSPS) is 29.9. The van der Waals surface area contributed by atoms with Crippen molar-refractivity contribution >= 4 is 5.97 Å². The third-order valence-corrected chi connectivity index (χ3v) is 4.96. The molecule has 1 aliphatic carbocycles. The Balaban J connectivity index is 1.77. The zero-order chi connectivity index (χ0) is 13.9. The molecule has 1 heterocycles. The zero-order valence-electron chi connectivity index (χ0n) is 12.1. The maximum Gasteiger partial charge on any atom is 0.310 e. The van der Waals surface area contributed by atoms with Crippen molar-refractivity contribution in [2.75, 3.05) is 13.7 Å². The number of carbonyl (C=O) groups is 1. The lowest BCUT2D eigenvalue weighted by Crippen LogP contribution is -2.53. The zero-order valence-corrected chi connectivity index (χ0v) is 12.1. The van der Waals surface area contributed by atoms with Crippen molar-refractivity contribution in [3.05, 3.63) is 35.9 Å². The lowest BCUT2D eigenvalue weighted by molar-refractivity contribution is -0.155. The lowest BCUT2D eigenvalue weighted by Gasteiger charge is -2.47. The molecule has 0 unspecified atom stereocenters. The summed E-state index contributed by atoms with van der Waals surface area (Å²) in [4.78, 5) is 14.6. The van der Waals surface area contributed by atoms with Gasteiger partial charge < -0.3 is 4.74 Å². The molecule has 0 spiro atoms. The summed E-state index contributed by atoms with van der Waals surface area (Å²) in [5.41, 5.74) is 1.33. The van der Waals surface area contributed by atoms with Crippen LogP contribution in [0.5, 0.6) is 0 Å². The van der Waals surface area contributed by atoms with Crippen LogP contribution in [0.4, 0.5) is 0 Å². The van der Waals surface area contributed by atoms with Crippen LogP contribution in [0.1, 0.15) is 31.2 Å². The SMILES string of the molecule is COC(=O)[C@@H]1[C@@H]2CCC[C@H]1N(Cc1ccccc1)CC2. The van der Waals surface area contributed by atoms with Gasteiger partial charge in [-0.15, -0.1) is 0 Å². The molecule has 0 radical (unpaired) electrons. The number of rotatable bonds is 3. The van der Waals surface area contributed by atoms with E-state index in [0.29, 0.717) is 12.0 Å². The Morgan fingerprint density at radius 1 is 1.25 bits per heavy atom. The van der Waals surface area contributed by atoms with Crippen LogP contribution in [-0.2, 0) is 16.1 Å². The number of nitrogens with zero attached hydrogens (tertiary/aromatic N) is 1. The van der Waals surface area contributed by atoms with E-state index in [-0.39, 0.29) is 11.9 Å². The van der Waals surface area contributed by atoms with Crippen molar-refractivity contribution in [1.29, 1.82) is 0 Å². The van der Waals surface area contributed by atoms with Gasteiger partial charge in [0.25, 0.3) is 0 Å². The highest BCUT2D eigenvalue weighted by Crippen LogP contribution is 2.40. The summed E-state index contributed by atoms with van der Waals surface area (Å²) in [5, 5.41) is 0. The second-order valence-corrected chi connectivity index (χ2v) is 6.05. The van der Waals surface area contributed by atoms with Crippen molar-refractivity contribution in [1.82, 2.24) is 4.90 Å². The van der Waals surface area contributed by atoms with E-state index in [1.807, 2.05) is 6.07 Å². The van der Waals surface area contributed by atoms with Crippen LogP contribution in [0.2, 0.25) is 0 Å². The van der Waals surface area contributed by atoms with Gasteiger partial charge in [0.05, 0.1) is 13.0 Å². The number of fused-ring (bicyclic) bond motifs is 2. The first-order valence-electron chi connectivity index (χ1n) is 7.65. The van der Waals surface area contributed by atoms with E-state index in [1.54, 1.807) is 0 Å². The molecule has 3 nitrogen and oxygen atoms in total. The van der Waals surface area contributed by atoms with Crippen LogP contribution >= 0.6 is 0 Å². The quantitative estimate of drug-likeness (QED) is 0.793. The fraction of sp³-hybridized carbons (Fsp3) is 0.588. The Hall–Kier alpha value is -1.35. The van der Waals surface area contributed by atoms with Crippen LogP contribution in [0.3, 0.4) is 0 Å². The van der Waals surface area contributed by atoms with Gasteiger partial charge in [-0.25, -0.2) is 0 Å². The molecular weight excluding hydrogens is 250 g/mol. The predicted molar refractivity (Wildman–Crippen MR) is 78.1 cm³/mol. The van der Waals surface area contributed by atoms with Gasteiger partial charge in [-0.05, 0) is 37.3 Å². The third kappa shape index (κ3) is 2.59. The van der Waals surface area contributed by atoms with Crippen molar-refractivity contribution < 1.29 is 9.53 Å². The summed E-state index contributed by atoms with van der Waals surface area (Å²) in [7, 11) is 1.52. The Labute approximate surface area is 120 Å². The molecule has 2 bridgehead atoms. The van der Waals surface area contributed by atoms with Gasteiger partial charge in [-0.2, -0.15) is 0 Å². The number of hydrogen-bond donors (Lipinski definition) is 0. The maximum atomic E-state index is 12.1. The molecular formula is C17H23NO2. The van der Waals surface area contributed by atoms with Crippen LogP contribution in [-0.4, -0.2) is 30.6 Å². The summed E-state index contributed by atoms with van der Waals surface area (Å²) in [6, 6.07) is 10.9. The second-order valence-electron chi connectivity index (χ2n) is 6.05. The third-order valence-electron chi connectivity index (χ3n) is 4.96. The summed E-state index contributed by atoms with van der Waals surface area (Å²) in [6.07, 6.45) is 4.69. The summed E-state index contributed by atoms with van der Waals surface area (Å²) >= 11 is 0. The second kappa shape index (κ2) is 5.96. The van der Waals surface area contributed by atoms with Gasteiger partial charge in [-0.1, -0.05) is 36.8 Å². The van der Waals surface area contributed by atoms with Crippen molar-refractivity contribution in [3.8, 4) is 0 Å². The van der Waals surface area contributed by atoms with Crippen molar-refractivity contribution in [2.24, 2.45) is 11.8 Å². The first-order chi connectivity index (χ1) is 9.79. The molecule has 1 saturated heterocycles. The summed E-state index contributed by atoms with van der Waals surface area (Å²) in [6.45, 7) is 2.06. The Kier molecular flexibility index (Phi) is 4.06. The summed E-state index contributed by atoms with van der Waals surface area (Å²) < 4.78 is 5.06. The molecule has 1 aliphatic heterocycles. The van der Waals surface area contributed by atoms with E-state index in [1.165, 1.54) is 25.5 Å². The number of benzene rings is 1. The topological polar surface area (TPSA) is 29.5 Å². The van der Waals surface area contributed by atoms with E-state index >= 15 is 0 Å². The van der Waals surface area contributed by atoms with Crippen LogP contribution in [0.25, 0.3) is 0 Å². The first kappa shape index (κ1) is 13.6. The molecule has 1 saturated carbocycles. The average Bonchev–Trinajstić information content (AvgIpc) is 2.50. The van der Waals surface area contributed by atoms with Crippen LogP contribution in [0.15, 0.2) is 30.3 Å². The molecule has 1 aromatic rings. The monoisotopic (exact) mass is 273 g/mol. The molecule has 3 heteroatoms. The molecule has 0 amide bonds. The van der Waals surface area contributed by atoms with Crippen molar-refractivity contribution in [2.45, 2.75) is 38.3 Å². The standard InChI is InChI=1S/C17H23NO2/c1-20-17(19)16-14-8-5-9-15(16)18(11-10-14)12-13-6-3-2-4-7-13/h2-4,6-7,14-16H,5,8-12H2,1H3/t14-,15-,16-/m1/s1.